The summed E-state index contributed by atoms with van der Waals surface area (Å²) in [6.07, 6.45) is 2.04. The molecular formula is C14H12N4O. The second kappa shape index (κ2) is 4.61. The topological polar surface area (TPSA) is 60.2 Å². The van der Waals surface area contributed by atoms with Crippen LogP contribution in [0, 0.1) is 0 Å². The van der Waals surface area contributed by atoms with Crippen molar-refractivity contribution in [2.24, 2.45) is 0 Å². The Labute approximate surface area is 109 Å². The second-order valence-corrected chi connectivity index (χ2v) is 4.19. The van der Waals surface area contributed by atoms with Gasteiger partial charge in [0.1, 0.15) is 5.69 Å². The quantitative estimate of drug-likeness (QED) is 0.671. The zero-order valence-electron chi connectivity index (χ0n) is 10.4. The summed E-state index contributed by atoms with van der Waals surface area (Å²) in [6, 6.07) is 11.7. The van der Waals surface area contributed by atoms with Crippen LogP contribution >= 0.6 is 0 Å². The van der Waals surface area contributed by atoms with Gasteiger partial charge in [0.2, 0.25) is 0 Å². The molecule has 3 aromatic rings. The summed E-state index contributed by atoms with van der Waals surface area (Å²) < 4.78 is 1.60. The van der Waals surface area contributed by atoms with E-state index in [1.165, 1.54) is 0 Å². The van der Waals surface area contributed by atoms with Gasteiger partial charge < -0.3 is 0 Å². The van der Waals surface area contributed by atoms with Gasteiger partial charge in [0.25, 0.3) is 0 Å². The lowest BCUT2D eigenvalue weighted by Gasteiger charge is -1.96. The monoisotopic (exact) mass is 252 g/mol. The third-order valence-electron chi connectivity index (χ3n) is 2.90. The highest BCUT2D eigenvalue weighted by Crippen LogP contribution is 2.18. The van der Waals surface area contributed by atoms with Crippen LogP contribution in [0.1, 0.15) is 23.8 Å². The van der Waals surface area contributed by atoms with Crippen LogP contribution in [-0.2, 0) is 0 Å². The average Bonchev–Trinajstić information content (AvgIpc) is 2.90. The lowest BCUT2D eigenvalue weighted by molar-refractivity contribution is 0.0981. The number of hydrogen-bond acceptors (Lipinski definition) is 4. The van der Waals surface area contributed by atoms with Crippen molar-refractivity contribution in [3.05, 3.63) is 48.3 Å². The van der Waals surface area contributed by atoms with Crippen molar-refractivity contribution >= 4 is 11.4 Å². The summed E-state index contributed by atoms with van der Waals surface area (Å²) in [7, 11) is 0. The van der Waals surface area contributed by atoms with Gasteiger partial charge in [-0.25, -0.2) is 4.52 Å². The van der Waals surface area contributed by atoms with Gasteiger partial charge in [-0.2, -0.15) is 5.10 Å². The SMILES string of the molecule is CCC(=O)c1cn2nc(-c3ccccc3)cc2nn1. The molecule has 2 heterocycles. The number of carbonyl (C=O) groups is 1. The minimum Gasteiger partial charge on any atom is -0.292 e. The van der Waals surface area contributed by atoms with Crippen LogP contribution in [0.2, 0.25) is 0 Å². The van der Waals surface area contributed by atoms with E-state index in [1.54, 1.807) is 17.6 Å². The first-order valence-electron chi connectivity index (χ1n) is 6.09. The van der Waals surface area contributed by atoms with Crippen LogP contribution in [0.25, 0.3) is 16.9 Å². The van der Waals surface area contributed by atoms with E-state index in [9.17, 15) is 4.79 Å². The first-order valence-corrected chi connectivity index (χ1v) is 6.09. The van der Waals surface area contributed by atoms with Crippen molar-refractivity contribution in [2.75, 3.05) is 0 Å². The van der Waals surface area contributed by atoms with Crippen LogP contribution in [-0.4, -0.2) is 25.6 Å². The minimum absolute atomic E-state index is 0.0360. The third kappa shape index (κ3) is 2.10. The van der Waals surface area contributed by atoms with E-state index in [1.807, 2.05) is 36.4 Å². The number of benzene rings is 1. The van der Waals surface area contributed by atoms with Gasteiger partial charge in [-0.15, -0.1) is 10.2 Å². The molecule has 0 fully saturated rings. The summed E-state index contributed by atoms with van der Waals surface area (Å²) in [4.78, 5) is 11.6. The Balaban J connectivity index is 2.09. The fourth-order valence-corrected chi connectivity index (χ4v) is 1.86. The number of ketones is 1. The predicted molar refractivity (Wildman–Crippen MR) is 70.8 cm³/mol. The maximum Gasteiger partial charge on any atom is 0.184 e. The molecule has 0 unspecified atom stereocenters. The molecule has 0 atom stereocenters. The van der Waals surface area contributed by atoms with Gasteiger partial charge in [-0.3, -0.25) is 4.79 Å². The van der Waals surface area contributed by atoms with Crippen LogP contribution < -0.4 is 0 Å². The van der Waals surface area contributed by atoms with Crippen LogP contribution in [0.5, 0.6) is 0 Å². The standard InChI is InChI=1S/C14H12N4O/c1-2-13(19)12-9-18-14(16-15-12)8-11(17-18)10-6-4-3-5-7-10/h3-9H,2H2,1H3. The first kappa shape index (κ1) is 11.5. The van der Waals surface area contributed by atoms with E-state index in [4.69, 9.17) is 0 Å². The molecule has 0 radical (unpaired) electrons. The van der Waals surface area contributed by atoms with Gasteiger partial charge in [0, 0.05) is 18.1 Å². The van der Waals surface area contributed by atoms with E-state index in [0.717, 1.165) is 11.3 Å². The molecule has 0 N–H and O–H groups in total. The lowest BCUT2D eigenvalue weighted by Crippen LogP contribution is -2.05. The number of rotatable bonds is 3. The zero-order chi connectivity index (χ0) is 13.2. The Bertz CT molecular complexity index is 734. The molecule has 1 aromatic carbocycles. The van der Waals surface area contributed by atoms with E-state index in [-0.39, 0.29) is 5.78 Å². The zero-order valence-corrected chi connectivity index (χ0v) is 10.4. The highest BCUT2D eigenvalue weighted by molar-refractivity contribution is 5.93. The van der Waals surface area contributed by atoms with Crippen molar-refractivity contribution in [3.8, 4) is 11.3 Å². The molecule has 0 aliphatic heterocycles. The Morgan fingerprint density at radius 1 is 1.21 bits per heavy atom. The molecule has 0 spiro atoms. The summed E-state index contributed by atoms with van der Waals surface area (Å²) in [5.41, 5.74) is 2.80. The van der Waals surface area contributed by atoms with Crippen molar-refractivity contribution in [3.63, 3.8) is 0 Å². The van der Waals surface area contributed by atoms with Crippen LogP contribution in [0.15, 0.2) is 42.6 Å². The molecular weight excluding hydrogens is 240 g/mol. The number of fused-ring (bicyclic) bond motifs is 1. The Kier molecular flexibility index (Phi) is 2.79. The van der Waals surface area contributed by atoms with Gasteiger partial charge >= 0.3 is 0 Å². The number of hydrogen-bond donors (Lipinski definition) is 0. The maximum atomic E-state index is 11.6. The number of Topliss-reactive ketones (excluding diaryl/α,β-unsaturated/α-hetero) is 1. The summed E-state index contributed by atoms with van der Waals surface area (Å²) in [5.74, 6) is -0.0360. The van der Waals surface area contributed by atoms with Gasteiger partial charge in [-0.05, 0) is 0 Å². The maximum absolute atomic E-state index is 11.6. The van der Waals surface area contributed by atoms with E-state index >= 15 is 0 Å². The molecule has 0 aliphatic carbocycles. The van der Waals surface area contributed by atoms with E-state index in [0.29, 0.717) is 17.8 Å². The molecule has 0 aliphatic rings. The minimum atomic E-state index is -0.0360. The molecule has 19 heavy (non-hydrogen) atoms. The molecule has 5 heteroatoms. The average molecular weight is 252 g/mol. The second-order valence-electron chi connectivity index (χ2n) is 4.19. The molecule has 2 aromatic heterocycles. The summed E-state index contributed by atoms with van der Waals surface area (Å²) >= 11 is 0. The Hall–Kier alpha value is -2.56. The molecule has 0 saturated carbocycles. The molecule has 5 nitrogen and oxygen atoms in total. The smallest absolute Gasteiger partial charge is 0.184 e. The van der Waals surface area contributed by atoms with Crippen LogP contribution in [0.4, 0.5) is 0 Å². The molecule has 0 bridgehead atoms. The van der Waals surface area contributed by atoms with Gasteiger partial charge in [0.05, 0.1) is 11.9 Å². The Morgan fingerprint density at radius 2 is 2.00 bits per heavy atom. The van der Waals surface area contributed by atoms with Crippen LogP contribution in [0.3, 0.4) is 0 Å². The van der Waals surface area contributed by atoms with Crippen molar-refractivity contribution < 1.29 is 4.79 Å². The molecule has 0 amide bonds. The number of nitrogens with zero attached hydrogens (tertiary/aromatic N) is 4. The van der Waals surface area contributed by atoms with Crippen molar-refractivity contribution in [2.45, 2.75) is 13.3 Å². The fraction of sp³-hybridized carbons (Fsp3) is 0.143. The number of aromatic nitrogens is 4. The normalized spacial score (nSPS) is 10.8. The number of carbonyl (C=O) groups excluding carboxylic acids is 1. The Morgan fingerprint density at radius 3 is 2.74 bits per heavy atom. The fourth-order valence-electron chi connectivity index (χ4n) is 1.86. The van der Waals surface area contributed by atoms with Gasteiger partial charge in [0.15, 0.2) is 11.4 Å². The van der Waals surface area contributed by atoms with E-state index < -0.39 is 0 Å². The third-order valence-corrected chi connectivity index (χ3v) is 2.90. The predicted octanol–water partition coefficient (Wildman–Crippen LogP) is 2.38. The molecule has 94 valence electrons. The van der Waals surface area contributed by atoms with Crippen molar-refractivity contribution in [1.82, 2.24) is 19.8 Å². The van der Waals surface area contributed by atoms with Gasteiger partial charge in [-0.1, -0.05) is 37.3 Å². The first-order chi connectivity index (χ1) is 9.28. The van der Waals surface area contributed by atoms with Crippen molar-refractivity contribution in [1.29, 1.82) is 0 Å². The largest absolute Gasteiger partial charge is 0.292 e. The summed E-state index contributed by atoms with van der Waals surface area (Å²) in [5, 5.41) is 12.4. The summed E-state index contributed by atoms with van der Waals surface area (Å²) in [6.45, 7) is 1.80. The highest BCUT2D eigenvalue weighted by Gasteiger charge is 2.10. The lowest BCUT2D eigenvalue weighted by atomic mass is 10.2. The molecule has 0 saturated heterocycles. The van der Waals surface area contributed by atoms with E-state index in [2.05, 4.69) is 15.3 Å². The molecule has 3 rings (SSSR count). The highest BCUT2D eigenvalue weighted by atomic mass is 16.1.